The van der Waals surface area contributed by atoms with Crippen molar-refractivity contribution in [1.82, 2.24) is 5.32 Å². The highest BCUT2D eigenvalue weighted by atomic mass is 16.7. The molecule has 1 aliphatic heterocycles. The molecule has 1 amide bonds. The molecule has 174 valence electrons. The van der Waals surface area contributed by atoms with Crippen LogP contribution in [0.3, 0.4) is 0 Å². The molecule has 1 atom stereocenters. The van der Waals surface area contributed by atoms with Crippen LogP contribution in [0, 0.1) is 5.41 Å². The van der Waals surface area contributed by atoms with Crippen LogP contribution >= 0.6 is 0 Å². The first-order chi connectivity index (χ1) is 15.6. The fourth-order valence-electron chi connectivity index (χ4n) is 3.22. The van der Waals surface area contributed by atoms with Crippen LogP contribution in [0.4, 0.5) is 0 Å². The molecule has 1 aliphatic rings. The number of amides is 1. The van der Waals surface area contributed by atoms with Gasteiger partial charge in [0.1, 0.15) is 17.1 Å². The number of methoxy groups -OCH3 is 1. The van der Waals surface area contributed by atoms with E-state index in [1.807, 2.05) is 0 Å². The van der Waals surface area contributed by atoms with Crippen molar-refractivity contribution >= 4 is 25.0 Å². The van der Waals surface area contributed by atoms with Crippen LogP contribution in [0.2, 0.25) is 0 Å². The summed E-state index contributed by atoms with van der Waals surface area (Å²) in [6, 6.07) is 11.6. The second kappa shape index (κ2) is 9.95. The summed E-state index contributed by atoms with van der Waals surface area (Å²) in [7, 11) is 0.0647. The zero-order valence-corrected chi connectivity index (χ0v) is 18.9. The molecule has 0 unspecified atom stereocenters. The Morgan fingerprint density at radius 2 is 1.79 bits per heavy atom. The minimum Gasteiger partial charge on any atom is -0.534 e. The Bertz CT molecular complexity index is 1050. The molecular weight excluding hydrogens is 429 g/mol. The van der Waals surface area contributed by atoms with E-state index in [1.54, 1.807) is 57.2 Å². The molecule has 0 radical (unpaired) electrons. The van der Waals surface area contributed by atoms with Gasteiger partial charge in [0.05, 0.1) is 24.0 Å². The van der Waals surface area contributed by atoms with Gasteiger partial charge in [-0.05, 0) is 51.0 Å². The molecule has 2 aromatic rings. The summed E-state index contributed by atoms with van der Waals surface area (Å²) < 4.78 is 20.8. The fourth-order valence-corrected chi connectivity index (χ4v) is 3.22. The van der Waals surface area contributed by atoms with Gasteiger partial charge in [-0.1, -0.05) is 24.3 Å². The third kappa shape index (κ3) is 5.64. The second-order valence-corrected chi connectivity index (χ2v) is 8.52. The van der Waals surface area contributed by atoms with Gasteiger partial charge in [-0.2, -0.15) is 0 Å². The molecule has 0 spiro atoms. The molecule has 0 aliphatic carbocycles. The summed E-state index contributed by atoms with van der Waals surface area (Å²) >= 11 is 0. The summed E-state index contributed by atoms with van der Waals surface area (Å²) in [6.45, 7) is 4.51. The van der Waals surface area contributed by atoms with Crippen LogP contribution in [0.5, 0.6) is 11.5 Å². The molecule has 0 saturated heterocycles. The van der Waals surface area contributed by atoms with E-state index < -0.39 is 43.1 Å². The van der Waals surface area contributed by atoms with E-state index in [4.69, 9.17) is 18.9 Å². The molecule has 0 aromatic heterocycles. The quantitative estimate of drug-likeness (QED) is 0.386. The van der Waals surface area contributed by atoms with Crippen molar-refractivity contribution in [2.45, 2.75) is 33.1 Å². The molecular formula is C23H26BNO8. The summed E-state index contributed by atoms with van der Waals surface area (Å²) in [6.07, 6.45) is 0.220. The van der Waals surface area contributed by atoms with Crippen LogP contribution < -0.4 is 14.7 Å². The summed E-state index contributed by atoms with van der Waals surface area (Å²) in [5.41, 5.74) is 0.272. The monoisotopic (exact) mass is 455 g/mol. The number of hydrogen-bond acceptors (Lipinski definition) is 8. The first-order valence-electron chi connectivity index (χ1n) is 10.4. The molecule has 0 saturated carbocycles. The van der Waals surface area contributed by atoms with Gasteiger partial charge < -0.3 is 29.2 Å². The van der Waals surface area contributed by atoms with Crippen LogP contribution in [-0.4, -0.2) is 49.8 Å². The van der Waals surface area contributed by atoms with Gasteiger partial charge in [0, 0.05) is 0 Å². The topological polar surface area (TPSA) is 120 Å². The summed E-state index contributed by atoms with van der Waals surface area (Å²) in [5.74, 6) is -1.91. The molecule has 9 nitrogen and oxygen atoms in total. The van der Waals surface area contributed by atoms with Gasteiger partial charge in [-0.25, -0.2) is 4.79 Å². The maximum absolute atomic E-state index is 12.7. The second-order valence-electron chi connectivity index (χ2n) is 8.52. The van der Waals surface area contributed by atoms with E-state index in [2.05, 4.69) is 5.32 Å². The molecule has 2 aromatic carbocycles. The predicted molar refractivity (Wildman–Crippen MR) is 119 cm³/mol. The van der Waals surface area contributed by atoms with E-state index in [9.17, 15) is 19.4 Å². The van der Waals surface area contributed by atoms with Crippen LogP contribution in [0.25, 0.3) is 0 Å². The maximum atomic E-state index is 12.7. The number of para-hydroxylation sites is 2. The highest BCUT2D eigenvalue weighted by molar-refractivity contribution is 6.47. The van der Waals surface area contributed by atoms with Gasteiger partial charge in [0.2, 0.25) is 6.79 Å². The van der Waals surface area contributed by atoms with Crippen LogP contribution in [0.1, 0.15) is 47.1 Å². The Balaban J connectivity index is 1.69. The lowest BCUT2D eigenvalue weighted by Crippen LogP contribution is -2.53. The van der Waals surface area contributed by atoms with Gasteiger partial charge in [-0.3, -0.25) is 9.59 Å². The largest absolute Gasteiger partial charge is 0.547 e. The highest BCUT2D eigenvalue weighted by Gasteiger charge is 2.38. The van der Waals surface area contributed by atoms with E-state index in [0.717, 1.165) is 0 Å². The summed E-state index contributed by atoms with van der Waals surface area (Å²) in [4.78, 5) is 37.0. The fraction of sp³-hybridized carbons (Fsp3) is 0.348. The lowest BCUT2D eigenvalue weighted by atomic mass is 9.72. The number of nitrogens with one attached hydrogen (secondary N) is 1. The van der Waals surface area contributed by atoms with Crippen molar-refractivity contribution in [3.8, 4) is 11.5 Å². The molecule has 0 bridgehead atoms. The smallest absolute Gasteiger partial charge is 0.534 e. The normalized spacial score (nSPS) is 15.1. The van der Waals surface area contributed by atoms with E-state index >= 15 is 0 Å². The van der Waals surface area contributed by atoms with Crippen molar-refractivity contribution in [3.05, 3.63) is 59.2 Å². The Labute approximate surface area is 192 Å². The number of carbonyl (C=O) groups excluding carboxylic acids is 3. The molecule has 2 N–H and O–H groups in total. The van der Waals surface area contributed by atoms with Crippen LogP contribution in [0.15, 0.2) is 42.5 Å². The minimum absolute atomic E-state index is 0.0767. The number of hydrogen-bond donors (Lipinski definition) is 2. The predicted octanol–water partition coefficient (Wildman–Crippen LogP) is 2.15. The first-order valence-corrected chi connectivity index (χ1v) is 10.4. The standard InChI is InChI=1S/C23H26BNO8/c1-23(2,3)22(28)32-13-31-21(27)16-10-7-8-14-12-18(24(29)33-19(14)16)25-20(26)15-9-5-6-11-17(15)30-4/h5-11,18,29H,12-13H2,1-4H3,(H,25,26)/t18-/m0/s1. The van der Waals surface area contributed by atoms with E-state index in [1.165, 1.54) is 13.2 Å². The Morgan fingerprint density at radius 3 is 2.48 bits per heavy atom. The summed E-state index contributed by atoms with van der Waals surface area (Å²) in [5, 5.41) is 13.2. The highest BCUT2D eigenvalue weighted by Crippen LogP contribution is 2.31. The van der Waals surface area contributed by atoms with Crippen molar-refractivity contribution in [2.24, 2.45) is 5.41 Å². The Morgan fingerprint density at radius 1 is 1.09 bits per heavy atom. The lowest BCUT2D eigenvalue weighted by molar-refractivity contribution is -0.161. The molecule has 3 rings (SSSR count). The number of esters is 2. The van der Waals surface area contributed by atoms with Crippen molar-refractivity contribution in [3.63, 3.8) is 0 Å². The SMILES string of the molecule is COc1ccccc1C(=O)N[C@H]1Cc2cccc(C(=O)OCOC(=O)C(C)(C)C)c2OB1O. The Hall–Kier alpha value is -3.53. The van der Waals surface area contributed by atoms with Crippen molar-refractivity contribution < 1.29 is 38.3 Å². The maximum Gasteiger partial charge on any atom is 0.547 e. The van der Waals surface area contributed by atoms with Gasteiger partial charge in [0.25, 0.3) is 5.91 Å². The first kappa shape index (κ1) is 24.1. The van der Waals surface area contributed by atoms with E-state index in [-0.39, 0.29) is 17.7 Å². The molecule has 0 fully saturated rings. The number of fused-ring (bicyclic) bond motifs is 1. The van der Waals surface area contributed by atoms with Gasteiger partial charge >= 0.3 is 19.1 Å². The van der Waals surface area contributed by atoms with E-state index in [0.29, 0.717) is 16.9 Å². The van der Waals surface area contributed by atoms with Gasteiger partial charge in [0.15, 0.2) is 0 Å². The zero-order chi connectivity index (χ0) is 24.2. The number of rotatable bonds is 6. The molecule has 10 heteroatoms. The molecule has 1 heterocycles. The van der Waals surface area contributed by atoms with Crippen molar-refractivity contribution in [2.75, 3.05) is 13.9 Å². The number of ether oxygens (including phenoxy) is 3. The lowest BCUT2D eigenvalue weighted by Gasteiger charge is -2.29. The van der Waals surface area contributed by atoms with Gasteiger partial charge in [-0.15, -0.1) is 0 Å². The minimum atomic E-state index is -1.40. The third-order valence-electron chi connectivity index (χ3n) is 5.00. The Kier molecular flexibility index (Phi) is 7.28. The zero-order valence-electron chi connectivity index (χ0n) is 18.9. The number of benzene rings is 2. The average Bonchev–Trinajstić information content (AvgIpc) is 2.78. The van der Waals surface area contributed by atoms with Crippen molar-refractivity contribution in [1.29, 1.82) is 0 Å². The van der Waals surface area contributed by atoms with Crippen LogP contribution in [-0.2, 0) is 20.7 Å². The third-order valence-corrected chi connectivity index (χ3v) is 5.00. The molecule has 33 heavy (non-hydrogen) atoms. The average molecular weight is 455 g/mol. The number of carbonyl (C=O) groups is 3.